The van der Waals surface area contributed by atoms with Crippen LogP contribution in [0.5, 0.6) is 0 Å². The van der Waals surface area contributed by atoms with Crippen LogP contribution in [-0.2, 0) is 6.54 Å². The quantitative estimate of drug-likeness (QED) is 0.640. The molecule has 54 valence electrons. The van der Waals surface area contributed by atoms with Gasteiger partial charge in [-0.25, -0.2) is 0 Å². The normalized spacial score (nSPS) is 17.7. The maximum atomic E-state index is 4.16. The van der Waals surface area contributed by atoms with Gasteiger partial charge in [0.15, 0.2) is 0 Å². The fraction of sp³-hybridized carbons (Fsp3) is 0.571. The molecule has 1 aliphatic rings. The second-order valence-corrected chi connectivity index (χ2v) is 3.38. The molecule has 2 rings (SSSR count). The van der Waals surface area contributed by atoms with Crippen LogP contribution >= 0.6 is 12.6 Å². The topological polar surface area (TPSA) is 17.8 Å². The molecule has 1 heterocycles. The first-order valence-electron chi connectivity index (χ1n) is 3.56. The summed E-state index contributed by atoms with van der Waals surface area (Å²) < 4.78 is 1.97. The van der Waals surface area contributed by atoms with Gasteiger partial charge in [-0.05, 0) is 18.8 Å². The average Bonchev–Trinajstić information content (AvgIpc) is 2.59. The van der Waals surface area contributed by atoms with E-state index in [1.807, 2.05) is 10.9 Å². The molecular formula is C7H10N2S. The minimum atomic E-state index is 0.896. The predicted octanol–water partition coefficient (Wildman–Crippen LogP) is 1.58. The number of aromatic nitrogens is 2. The van der Waals surface area contributed by atoms with Gasteiger partial charge in [-0.3, -0.25) is 4.68 Å². The molecule has 0 radical (unpaired) electrons. The van der Waals surface area contributed by atoms with E-state index in [2.05, 4.69) is 17.7 Å². The van der Waals surface area contributed by atoms with E-state index in [0.717, 1.165) is 17.4 Å². The molecule has 0 spiro atoms. The molecular weight excluding hydrogens is 144 g/mol. The molecule has 0 unspecified atom stereocenters. The number of thiol groups is 1. The molecule has 3 heteroatoms. The molecule has 0 saturated heterocycles. The Morgan fingerprint density at radius 1 is 1.70 bits per heavy atom. The third-order valence-electron chi connectivity index (χ3n) is 1.76. The van der Waals surface area contributed by atoms with Crippen molar-refractivity contribution in [2.75, 3.05) is 0 Å². The third kappa shape index (κ3) is 1.34. The monoisotopic (exact) mass is 154 g/mol. The summed E-state index contributed by atoms with van der Waals surface area (Å²) in [6.45, 7) is 1.08. The standard InChI is InChI=1S/C7H10N2S/c10-7-3-8-9(5-7)4-6-1-2-6/h3,5-6,10H,1-2,4H2. The van der Waals surface area contributed by atoms with E-state index in [1.165, 1.54) is 12.8 Å². The average molecular weight is 154 g/mol. The number of hydrogen-bond acceptors (Lipinski definition) is 2. The van der Waals surface area contributed by atoms with Crippen molar-refractivity contribution in [2.24, 2.45) is 5.92 Å². The fourth-order valence-electron chi connectivity index (χ4n) is 1.02. The summed E-state index contributed by atoms with van der Waals surface area (Å²) in [5.41, 5.74) is 0. The molecule has 0 aromatic carbocycles. The second kappa shape index (κ2) is 2.31. The Labute approximate surface area is 65.6 Å². The minimum absolute atomic E-state index is 0.896. The molecule has 2 nitrogen and oxygen atoms in total. The molecule has 10 heavy (non-hydrogen) atoms. The van der Waals surface area contributed by atoms with E-state index in [1.54, 1.807) is 6.20 Å². The molecule has 1 aromatic rings. The summed E-state index contributed by atoms with van der Waals surface area (Å²) in [5, 5.41) is 4.14. The third-order valence-corrected chi connectivity index (χ3v) is 1.99. The summed E-state index contributed by atoms with van der Waals surface area (Å²) in [7, 11) is 0. The van der Waals surface area contributed by atoms with E-state index in [4.69, 9.17) is 0 Å². The first-order valence-corrected chi connectivity index (χ1v) is 4.01. The molecule has 0 atom stereocenters. The molecule has 1 saturated carbocycles. The van der Waals surface area contributed by atoms with Gasteiger partial charge >= 0.3 is 0 Å². The van der Waals surface area contributed by atoms with E-state index >= 15 is 0 Å². The highest BCUT2D eigenvalue weighted by atomic mass is 32.1. The van der Waals surface area contributed by atoms with Crippen LogP contribution in [-0.4, -0.2) is 9.78 Å². The molecule has 0 aliphatic heterocycles. The number of hydrogen-bond donors (Lipinski definition) is 1. The minimum Gasteiger partial charge on any atom is -0.271 e. The molecule has 0 N–H and O–H groups in total. The van der Waals surface area contributed by atoms with E-state index in [0.29, 0.717) is 0 Å². The van der Waals surface area contributed by atoms with Crippen LogP contribution in [0.1, 0.15) is 12.8 Å². The fourth-order valence-corrected chi connectivity index (χ4v) is 1.20. The van der Waals surface area contributed by atoms with E-state index in [-0.39, 0.29) is 0 Å². The Bertz CT molecular complexity index is 227. The van der Waals surface area contributed by atoms with Crippen LogP contribution in [0.3, 0.4) is 0 Å². The summed E-state index contributed by atoms with van der Waals surface area (Å²) in [4.78, 5) is 0.959. The van der Waals surface area contributed by atoms with Crippen molar-refractivity contribution in [3.63, 3.8) is 0 Å². The summed E-state index contributed by atoms with van der Waals surface area (Å²) in [5.74, 6) is 0.896. The number of rotatable bonds is 2. The van der Waals surface area contributed by atoms with Crippen LogP contribution in [0.2, 0.25) is 0 Å². The SMILES string of the molecule is Sc1cnn(CC2CC2)c1. The lowest BCUT2D eigenvalue weighted by atomic mass is 10.4. The lowest BCUT2D eigenvalue weighted by Crippen LogP contribution is -1.98. The van der Waals surface area contributed by atoms with Gasteiger partial charge in [-0.2, -0.15) is 5.10 Å². The van der Waals surface area contributed by atoms with Crippen LogP contribution in [0.15, 0.2) is 17.3 Å². The van der Waals surface area contributed by atoms with E-state index in [9.17, 15) is 0 Å². The highest BCUT2D eigenvalue weighted by Crippen LogP contribution is 2.30. The van der Waals surface area contributed by atoms with Crippen LogP contribution in [0, 0.1) is 5.92 Å². The lowest BCUT2D eigenvalue weighted by molar-refractivity contribution is 0.562. The first-order chi connectivity index (χ1) is 4.84. The summed E-state index contributed by atoms with van der Waals surface area (Å²) >= 11 is 4.16. The summed E-state index contributed by atoms with van der Waals surface area (Å²) in [6, 6.07) is 0. The van der Waals surface area contributed by atoms with Crippen molar-refractivity contribution in [1.82, 2.24) is 9.78 Å². The van der Waals surface area contributed by atoms with Crippen LogP contribution in [0.25, 0.3) is 0 Å². The van der Waals surface area contributed by atoms with E-state index < -0.39 is 0 Å². The van der Waals surface area contributed by atoms with Gasteiger partial charge in [0.05, 0.1) is 6.20 Å². The van der Waals surface area contributed by atoms with Crippen molar-refractivity contribution < 1.29 is 0 Å². The number of nitrogens with zero attached hydrogens (tertiary/aromatic N) is 2. The van der Waals surface area contributed by atoms with Gasteiger partial charge in [-0.1, -0.05) is 0 Å². The zero-order chi connectivity index (χ0) is 6.97. The Morgan fingerprint density at radius 2 is 2.50 bits per heavy atom. The van der Waals surface area contributed by atoms with Crippen molar-refractivity contribution in [2.45, 2.75) is 24.3 Å². The van der Waals surface area contributed by atoms with Crippen molar-refractivity contribution in [1.29, 1.82) is 0 Å². The Kier molecular flexibility index (Phi) is 1.45. The maximum absolute atomic E-state index is 4.16. The lowest BCUT2D eigenvalue weighted by Gasteiger charge is -1.95. The van der Waals surface area contributed by atoms with Crippen molar-refractivity contribution >= 4 is 12.6 Å². The smallest absolute Gasteiger partial charge is 0.0623 e. The highest BCUT2D eigenvalue weighted by molar-refractivity contribution is 7.80. The largest absolute Gasteiger partial charge is 0.271 e. The maximum Gasteiger partial charge on any atom is 0.0623 e. The van der Waals surface area contributed by atoms with Gasteiger partial charge in [0.25, 0.3) is 0 Å². The van der Waals surface area contributed by atoms with Gasteiger partial charge in [0.1, 0.15) is 0 Å². The van der Waals surface area contributed by atoms with Gasteiger partial charge in [0.2, 0.25) is 0 Å². The summed E-state index contributed by atoms with van der Waals surface area (Å²) in [6.07, 6.45) is 6.51. The molecule has 1 fully saturated rings. The molecule has 0 amide bonds. The second-order valence-electron chi connectivity index (χ2n) is 2.86. The van der Waals surface area contributed by atoms with Crippen LogP contribution < -0.4 is 0 Å². The molecule has 0 bridgehead atoms. The highest BCUT2D eigenvalue weighted by Gasteiger charge is 2.21. The predicted molar refractivity (Wildman–Crippen MR) is 42.2 cm³/mol. The van der Waals surface area contributed by atoms with Gasteiger partial charge in [-0.15, -0.1) is 12.6 Å². The van der Waals surface area contributed by atoms with Gasteiger partial charge < -0.3 is 0 Å². The first kappa shape index (κ1) is 6.28. The molecule has 1 aliphatic carbocycles. The zero-order valence-corrected chi connectivity index (χ0v) is 6.59. The Balaban J connectivity index is 2.03. The molecule has 1 aromatic heterocycles. The van der Waals surface area contributed by atoms with Gasteiger partial charge in [0, 0.05) is 17.6 Å². The Morgan fingerprint density at radius 3 is 3.00 bits per heavy atom. The Hall–Kier alpha value is -0.440. The van der Waals surface area contributed by atoms with Crippen molar-refractivity contribution in [3.8, 4) is 0 Å². The zero-order valence-electron chi connectivity index (χ0n) is 5.70. The van der Waals surface area contributed by atoms with Crippen LogP contribution in [0.4, 0.5) is 0 Å². The van der Waals surface area contributed by atoms with Crippen molar-refractivity contribution in [3.05, 3.63) is 12.4 Å².